The molecule has 172 valence electrons. The van der Waals surface area contributed by atoms with E-state index in [1.165, 1.54) is 10.4 Å². The highest BCUT2D eigenvalue weighted by molar-refractivity contribution is 7.89. The molecule has 7 nitrogen and oxygen atoms in total. The number of carbonyl (C=O) groups excluding carboxylic acids is 1. The van der Waals surface area contributed by atoms with Gasteiger partial charge >= 0.3 is 0 Å². The number of benzene rings is 2. The summed E-state index contributed by atoms with van der Waals surface area (Å²) in [7, 11) is -4.00. The van der Waals surface area contributed by atoms with Gasteiger partial charge in [0, 0.05) is 37.0 Å². The van der Waals surface area contributed by atoms with Crippen LogP contribution in [0, 0.1) is 5.82 Å². The van der Waals surface area contributed by atoms with Gasteiger partial charge in [-0.1, -0.05) is 12.5 Å². The highest BCUT2D eigenvalue weighted by atomic mass is 32.2. The van der Waals surface area contributed by atoms with E-state index in [1.807, 2.05) is 0 Å². The van der Waals surface area contributed by atoms with E-state index in [0.717, 1.165) is 50.8 Å². The molecule has 2 heterocycles. The van der Waals surface area contributed by atoms with Gasteiger partial charge < -0.3 is 14.8 Å². The number of rotatable bonds is 7. The lowest BCUT2D eigenvalue weighted by Crippen LogP contribution is -2.36. The zero-order valence-corrected chi connectivity index (χ0v) is 18.6. The quantitative estimate of drug-likeness (QED) is 0.676. The Balaban J connectivity index is 1.46. The summed E-state index contributed by atoms with van der Waals surface area (Å²) in [5, 5.41) is 2.72. The third-order valence-electron chi connectivity index (χ3n) is 5.68. The maximum absolute atomic E-state index is 14.4. The molecule has 2 aromatic carbocycles. The molecule has 2 aliphatic rings. The van der Waals surface area contributed by atoms with E-state index in [0.29, 0.717) is 31.1 Å². The van der Waals surface area contributed by atoms with E-state index >= 15 is 0 Å². The molecule has 1 N–H and O–H groups in total. The molecule has 0 aromatic heterocycles. The Hall–Kier alpha value is -2.49. The minimum atomic E-state index is -4.00. The van der Waals surface area contributed by atoms with E-state index < -0.39 is 26.6 Å². The van der Waals surface area contributed by atoms with Crippen molar-refractivity contribution in [1.29, 1.82) is 0 Å². The summed E-state index contributed by atoms with van der Waals surface area (Å²) < 4.78 is 52.8. The number of nitrogens with one attached hydrogen (secondary N) is 1. The lowest BCUT2D eigenvalue weighted by Gasteiger charge is -2.26. The van der Waals surface area contributed by atoms with Crippen molar-refractivity contribution >= 4 is 21.6 Å². The van der Waals surface area contributed by atoms with Gasteiger partial charge in [0.05, 0.1) is 6.10 Å². The van der Waals surface area contributed by atoms with Crippen molar-refractivity contribution in [2.24, 2.45) is 0 Å². The summed E-state index contributed by atoms with van der Waals surface area (Å²) in [4.78, 5) is 12.3. The van der Waals surface area contributed by atoms with Crippen LogP contribution in [0.25, 0.3) is 0 Å². The molecule has 1 amide bonds. The van der Waals surface area contributed by atoms with Gasteiger partial charge in [-0.2, -0.15) is 4.31 Å². The fraction of sp³-hybridized carbons (Fsp3) is 0.435. The summed E-state index contributed by atoms with van der Waals surface area (Å²) in [5.41, 5.74) is 0.553. The van der Waals surface area contributed by atoms with E-state index in [1.54, 1.807) is 24.3 Å². The Bertz CT molecular complexity index is 1060. The maximum Gasteiger partial charge on any atom is 0.255 e. The van der Waals surface area contributed by atoms with E-state index in [-0.39, 0.29) is 11.7 Å². The molecule has 2 fully saturated rings. The molecule has 9 heteroatoms. The number of sulfonamides is 1. The molecule has 2 aliphatic heterocycles. The molecule has 0 radical (unpaired) electrons. The predicted molar refractivity (Wildman–Crippen MR) is 118 cm³/mol. The average Bonchev–Trinajstić information content (AvgIpc) is 3.32. The van der Waals surface area contributed by atoms with Crippen LogP contribution in [0.2, 0.25) is 0 Å². The molecule has 0 bridgehead atoms. The van der Waals surface area contributed by atoms with Gasteiger partial charge in [-0.25, -0.2) is 12.8 Å². The van der Waals surface area contributed by atoms with Crippen molar-refractivity contribution in [1.82, 2.24) is 4.31 Å². The summed E-state index contributed by atoms with van der Waals surface area (Å²) in [6.45, 7) is 1.90. The van der Waals surface area contributed by atoms with Gasteiger partial charge in [0.1, 0.15) is 23.1 Å². The molecule has 1 unspecified atom stereocenters. The van der Waals surface area contributed by atoms with Crippen LogP contribution in [-0.2, 0) is 14.8 Å². The Labute approximate surface area is 187 Å². The monoisotopic (exact) mass is 462 g/mol. The minimum Gasteiger partial charge on any atom is -0.491 e. The standard InChI is InChI=1S/C23H27FN2O5S/c24-21-10-9-17(14-22(21)32(28,29)26-11-2-1-3-12-26)23(27)25-18-6-4-7-19(15-18)31-16-20-8-5-13-30-20/h4,6-7,9-10,14-15,20H,1-3,5,8,11-13,16H2,(H,25,27). The largest absolute Gasteiger partial charge is 0.491 e. The first-order valence-corrected chi connectivity index (χ1v) is 12.3. The molecular weight excluding hydrogens is 435 g/mol. The van der Waals surface area contributed by atoms with Gasteiger partial charge in [0.25, 0.3) is 5.91 Å². The number of anilines is 1. The Morgan fingerprint density at radius 1 is 1.12 bits per heavy atom. The van der Waals surface area contributed by atoms with Crippen molar-refractivity contribution < 1.29 is 27.1 Å². The van der Waals surface area contributed by atoms with E-state index in [9.17, 15) is 17.6 Å². The number of nitrogens with zero attached hydrogens (tertiary/aromatic N) is 1. The van der Waals surface area contributed by atoms with E-state index in [2.05, 4.69) is 5.32 Å². The molecule has 0 spiro atoms. The topological polar surface area (TPSA) is 84.9 Å². The summed E-state index contributed by atoms with van der Waals surface area (Å²) in [5.74, 6) is -0.807. The molecule has 32 heavy (non-hydrogen) atoms. The Morgan fingerprint density at radius 3 is 2.69 bits per heavy atom. The van der Waals surface area contributed by atoms with Crippen LogP contribution in [0.5, 0.6) is 5.75 Å². The Morgan fingerprint density at radius 2 is 1.94 bits per heavy atom. The first-order chi connectivity index (χ1) is 15.4. The molecule has 4 rings (SSSR count). The van der Waals surface area contributed by atoms with Gasteiger partial charge in [0.15, 0.2) is 0 Å². The minimum absolute atomic E-state index is 0.0626. The smallest absolute Gasteiger partial charge is 0.255 e. The number of amides is 1. The number of carbonyl (C=O) groups is 1. The van der Waals surface area contributed by atoms with Crippen molar-refractivity contribution in [2.75, 3.05) is 31.6 Å². The highest BCUT2D eigenvalue weighted by Crippen LogP contribution is 2.25. The third kappa shape index (κ3) is 5.28. The third-order valence-corrected chi connectivity index (χ3v) is 7.59. The molecule has 1 atom stereocenters. The highest BCUT2D eigenvalue weighted by Gasteiger charge is 2.29. The summed E-state index contributed by atoms with van der Waals surface area (Å²) in [6.07, 6.45) is 4.50. The normalized spacial score (nSPS) is 19.6. The van der Waals surface area contributed by atoms with Crippen LogP contribution in [0.3, 0.4) is 0 Å². The molecule has 0 saturated carbocycles. The van der Waals surface area contributed by atoms with Crippen LogP contribution in [-0.4, -0.2) is 51.0 Å². The van der Waals surface area contributed by atoms with Crippen molar-refractivity contribution in [3.8, 4) is 5.75 Å². The SMILES string of the molecule is O=C(Nc1cccc(OCC2CCCO2)c1)c1ccc(F)c(S(=O)(=O)N2CCCCC2)c1. The number of hydrogen-bond acceptors (Lipinski definition) is 5. The molecule has 2 saturated heterocycles. The van der Waals surface area contributed by atoms with Crippen LogP contribution in [0.15, 0.2) is 47.4 Å². The Kier molecular flexibility index (Phi) is 7.07. The average molecular weight is 463 g/mol. The number of hydrogen-bond donors (Lipinski definition) is 1. The molecular formula is C23H27FN2O5S. The summed E-state index contributed by atoms with van der Waals surface area (Å²) >= 11 is 0. The lowest BCUT2D eigenvalue weighted by atomic mass is 10.2. The second-order valence-corrected chi connectivity index (χ2v) is 9.94. The van der Waals surface area contributed by atoms with E-state index in [4.69, 9.17) is 9.47 Å². The van der Waals surface area contributed by atoms with Crippen molar-refractivity contribution in [2.45, 2.75) is 43.1 Å². The fourth-order valence-electron chi connectivity index (χ4n) is 3.92. The van der Waals surface area contributed by atoms with Crippen LogP contribution < -0.4 is 10.1 Å². The first-order valence-electron chi connectivity index (χ1n) is 10.9. The van der Waals surface area contributed by atoms with Crippen molar-refractivity contribution in [3.05, 3.63) is 53.8 Å². The fourth-order valence-corrected chi connectivity index (χ4v) is 5.53. The second-order valence-electron chi connectivity index (χ2n) is 8.04. The molecule has 0 aliphatic carbocycles. The van der Waals surface area contributed by atoms with Crippen LogP contribution >= 0.6 is 0 Å². The molecule has 2 aromatic rings. The van der Waals surface area contributed by atoms with Crippen molar-refractivity contribution in [3.63, 3.8) is 0 Å². The van der Waals surface area contributed by atoms with Gasteiger partial charge in [-0.3, -0.25) is 4.79 Å². The second kappa shape index (κ2) is 9.97. The maximum atomic E-state index is 14.4. The predicted octanol–water partition coefficient (Wildman–Crippen LogP) is 3.81. The van der Waals surface area contributed by atoms with Gasteiger partial charge in [-0.15, -0.1) is 0 Å². The zero-order chi connectivity index (χ0) is 22.6. The number of ether oxygens (including phenoxy) is 2. The lowest BCUT2D eigenvalue weighted by molar-refractivity contribution is 0.0680. The van der Waals surface area contributed by atoms with Crippen LogP contribution in [0.1, 0.15) is 42.5 Å². The zero-order valence-electron chi connectivity index (χ0n) is 17.8. The van der Waals surface area contributed by atoms with Gasteiger partial charge in [-0.05, 0) is 56.0 Å². The number of halogens is 1. The van der Waals surface area contributed by atoms with Crippen LogP contribution in [0.4, 0.5) is 10.1 Å². The van der Waals surface area contributed by atoms with Gasteiger partial charge in [0.2, 0.25) is 10.0 Å². The summed E-state index contributed by atoms with van der Waals surface area (Å²) in [6, 6.07) is 10.3. The number of piperidine rings is 1. The first kappa shape index (κ1) is 22.7.